The van der Waals surface area contributed by atoms with Crippen LogP contribution in [-0.2, 0) is 9.84 Å². The van der Waals surface area contributed by atoms with E-state index in [9.17, 15) is 17.9 Å². The van der Waals surface area contributed by atoms with Gasteiger partial charge in [-0.15, -0.1) is 0 Å². The molecule has 4 atom stereocenters. The summed E-state index contributed by atoms with van der Waals surface area (Å²) in [7, 11) is -3.76. The van der Waals surface area contributed by atoms with Crippen molar-refractivity contribution < 1.29 is 17.9 Å². The van der Waals surface area contributed by atoms with Crippen LogP contribution in [0, 0.1) is 17.3 Å². The number of rotatable bonds is 5. The minimum absolute atomic E-state index is 0.0422. The fourth-order valence-electron chi connectivity index (χ4n) is 5.56. The summed E-state index contributed by atoms with van der Waals surface area (Å²) in [5.74, 6) is 0.546. The van der Waals surface area contributed by atoms with Gasteiger partial charge >= 0.3 is 0 Å². The summed E-state index contributed by atoms with van der Waals surface area (Å²) in [5, 5.41) is 8.95. The van der Waals surface area contributed by atoms with Crippen LogP contribution in [0.4, 0.5) is 4.39 Å². The molecule has 5 heteroatoms. The van der Waals surface area contributed by atoms with Crippen molar-refractivity contribution in [1.82, 2.24) is 0 Å². The lowest BCUT2D eigenvalue weighted by Gasteiger charge is -2.42. The first-order valence-corrected chi connectivity index (χ1v) is 12.9. The lowest BCUT2D eigenvalue weighted by atomic mass is 9.62. The molecule has 0 aromatic carbocycles. The Labute approximate surface area is 181 Å². The summed E-state index contributed by atoms with van der Waals surface area (Å²) in [5.41, 5.74) is 5.12. The number of hydrogen-bond donors (Lipinski definition) is 1. The Hall–Kier alpha value is -1.46. The van der Waals surface area contributed by atoms with Crippen LogP contribution in [0.25, 0.3) is 0 Å². The van der Waals surface area contributed by atoms with Crippen molar-refractivity contribution in [3.63, 3.8) is 0 Å². The van der Waals surface area contributed by atoms with Crippen LogP contribution in [0.3, 0.4) is 0 Å². The van der Waals surface area contributed by atoms with Crippen LogP contribution >= 0.6 is 0 Å². The van der Waals surface area contributed by atoms with Gasteiger partial charge in [0.05, 0.1) is 6.10 Å². The largest absolute Gasteiger partial charge is 0.393 e. The van der Waals surface area contributed by atoms with E-state index in [0.717, 1.165) is 55.9 Å². The zero-order chi connectivity index (χ0) is 22.1. The van der Waals surface area contributed by atoms with E-state index in [1.165, 1.54) is 17.2 Å². The summed E-state index contributed by atoms with van der Waals surface area (Å²) < 4.78 is 36.5. The molecule has 0 amide bonds. The van der Waals surface area contributed by atoms with Gasteiger partial charge in [-0.25, -0.2) is 8.42 Å². The van der Waals surface area contributed by atoms with Gasteiger partial charge in [0.15, 0.2) is 0 Å². The van der Waals surface area contributed by atoms with Crippen LogP contribution in [0.1, 0.15) is 65.2 Å². The third-order valence-corrected chi connectivity index (χ3v) is 8.19. The molecule has 166 valence electrons. The molecule has 0 spiro atoms. The van der Waals surface area contributed by atoms with Crippen molar-refractivity contribution in [1.29, 1.82) is 0 Å². The Morgan fingerprint density at radius 2 is 2.13 bits per heavy atom. The molecule has 0 aliphatic heterocycles. The summed E-state index contributed by atoms with van der Waals surface area (Å²) in [6.07, 6.45) is 15.6. The van der Waals surface area contributed by atoms with Gasteiger partial charge in [0, 0.05) is 6.26 Å². The Balaban J connectivity index is 1.77. The van der Waals surface area contributed by atoms with E-state index in [2.05, 4.69) is 38.7 Å². The summed E-state index contributed by atoms with van der Waals surface area (Å²) in [4.78, 5) is 0. The molecule has 2 fully saturated rings. The number of hydrogen-bond acceptors (Lipinski definition) is 3. The van der Waals surface area contributed by atoms with E-state index in [0.29, 0.717) is 18.8 Å². The third-order valence-electron chi connectivity index (χ3n) is 7.32. The quantitative estimate of drug-likeness (QED) is 0.543. The summed E-state index contributed by atoms with van der Waals surface area (Å²) in [6.45, 7) is 8.54. The third kappa shape index (κ3) is 4.88. The highest BCUT2D eigenvalue weighted by Gasteiger charge is 2.45. The fourth-order valence-corrected chi connectivity index (χ4v) is 5.96. The number of fused-ring (bicyclic) bond motifs is 1. The molecule has 0 aromatic heterocycles. The van der Waals surface area contributed by atoms with Crippen molar-refractivity contribution in [2.45, 2.75) is 71.3 Å². The predicted molar refractivity (Wildman–Crippen MR) is 121 cm³/mol. The number of halogens is 1. The highest BCUT2D eigenvalue weighted by molar-refractivity contribution is 7.94. The van der Waals surface area contributed by atoms with Gasteiger partial charge in [-0.2, -0.15) is 4.39 Å². The average molecular weight is 435 g/mol. The van der Waals surface area contributed by atoms with Crippen molar-refractivity contribution in [3.8, 4) is 0 Å². The first kappa shape index (κ1) is 23.2. The minimum Gasteiger partial charge on any atom is -0.393 e. The number of aliphatic hydroxyl groups is 1. The smallest absolute Gasteiger partial charge is 0.210 e. The van der Waals surface area contributed by atoms with Gasteiger partial charge in [0.2, 0.25) is 15.0 Å². The molecule has 1 N–H and O–H groups in total. The van der Waals surface area contributed by atoms with E-state index in [1.807, 2.05) is 0 Å². The Bertz CT molecular complexity index is 922. The second kappa shape index (κ2) is 8.96. The lowest BCUT2D eigenvalue weighted by Crippen LogP contribution is -2.32. The first-order valence-electron chi connectivity index (χ1n) is 11.0. The molecule has 0 aromatic rings. The second-order valence-electron chi connectivity index (χ2n) is 9.57. The predicted octanol–water partition coefficient (Wildman–Crippen LogP) is 5.96. The van der Waals surface area contributed by atoms with Gasteiger partial charge < -0.3 is 5.11 Å². The van der Waals surface area contributed by atoms with Crippen molar-refractivity contribution >= 4 is 9.84 Å². The van der Waals surface area contributed by atoms with Crippen LogP contribution < -0.4 is 0 Å². The zero-order valence-electron chi connectivity index (χ0n) is 18.5. The topological polar surface area (TPSA) is 54.4 Å². The molecule has 0 heterocycles. The van der Waals surface area contributed by atoms with Crippen molar-refractivity contribution in [3.05, 3.63) is 58.3 Å². The molecular formula is C25H35FO3S. The van der Waals surface area contributed by atoms with Gasteiger partial charge in [-0.3, -0.25) is 0 Å². The van der Waals surface area contributed by atoms with Crippen LogP contribution in [0.15, 0.2) is 58.3 Å². The summed E-state index contributed by atoms with van der Waals surface area (Å²) in [6, 6.07) is 0. The van der Waals surface area contributed by atoms with Crippen molar-refractivity contribution in [2.75, 3.05) is 6.26 Å². The van der Waals surface area contributed by atoms with Crippen LogP contribution in [0.2, 0.25) is 0 Å². The molecular weight excluding hydrogens is 399 g/mol. The first-order chi connectivity index (χ1) is 14.0. The van der Waals surface area contributed by atoms with Crippen molar-refractivity contribution in [2.24, 2.45) is 17.3 Å². The van der Waals surface area contributed by atoms with Gasteiger partial charge in [0.25, 0.3) is 0 Å². The van der Waals surface area contributed by atoms with Crippen LogP contribution in [0.5, 0.6) is 0 Å². The highest BCUT2D eigenvalue weighted by atomic mass is 32.2. The highest BCUT2D eigenvalue weighted by Crippen LogP contribution is 2.57. The Kier molecular flexibility index (Phi) is 6.93. The van der Waals surface area contributed by atoms with Gasteiger partial charge in [0.1, 0.15) is 0 Å². The Morgan fingerprint density at radius 1 is 1.40 bits per heavy atom. The van der Waals surface area contributed by atoms with E-state index in [1.54, 1.807) is 0 Å². The molecule has 0 bridgehead atoms. The normalized spacial score (nSPS) is 34.2. The minimum atomic E-state index is -3.76. The molecule has 0 radical (unpaired) electrons. The van der Waals surface area contributed by atoms with E-state index in [-0.39, 0.29) is 17.4 Å². The molecule has 3 nitrogen and oxygen atoms in total. The maximum Gasteiger partial charge on any atom is 0.210 e. The van der Waals surface area contributed by atoms with Crippen LogP contribution in [-0.4, -0.2) is 25.9 Å². The van der Waals surface area contributed by atoms with E-state index >= 15 is 0 Å². The zero-order valence-corrected chi connectivity index (χ0v) is 19.3. The van der Waals surface area contributed by atoms with Gasteiger partial charge in [-0.05, 0) is 80.3 Å². The molecule has 4 unspecified atom stereocenters. The summed E-state index contributed by atoms with van der Waals surface area (Å²) >= 11 is 0. The molecule has 2 saturated carbocycles. The molecule has 0 saturated heterocycles. The molecule has 30 heavy (non-hydrogen) atoms. The molecule has 3 rings (SSSR count). The molecule has 3 aliphatic carbocycles. The van der Waals surface area contributed by atoms with E-state index < -0.39 is 15.0 Å². The monoisotopic (exact) mass is 434 g/mol. The maximum atomic E-state index is 13.8. The average Bonchev–Trinajstić information content (AvgIpc) is 3.03. The number of aliphatic hydroxyl groups excluding tert-OH is 1. The SMILES string of the molecule is C=C1CCC(O)C/C1=C/C=C1\CCCC2(C)C(C(C)C/C=C(\F)S(C)(=O)=O)=CCC12. The van der Waals surface area contributed by atoms with Gasteiger partial charge in [-0.1, -0.05) is 55.4 Å². The number of sulfone groups is 1. The second-order valence-corrected chi connectivity index (χ2v) is 11.5. The van der Waals surface area contributed by atoms with E-state index in [4.69, 9.17) is 0 Å². The fraction of sp³-hybridized carbons (Fsp3) is 0.600. The lowest BCUT2D eigenvalue weighted by molar-refractivity contribution is 0.158. The Morgan fingerprint density at radius 3 is 2.83 bits per heavy atom. The molecule has 3 aliphatic rings. The number of allylic oxidation sites excluding steroid dienone is 7. The standard InChI is InChI=1S/C25H35FO3S/c1-17-7-11-21(27)16-20(17)10-9-19-6-5-15-25(3)22(12-13-23(19)25)18(2)8-14-24(26)30(4,28)29/h9-10,12,14,18,21,23,27H,1,5-8,11,13,15-16H2,2-4H3/b19-9+,20-10-,24-14+. The maximum absolute atomic E-state index is 13.8.